The average molecular weight is 315 g/mol. The Labute approximate surface area is 126 Å². The van der Waals surface area contributed by atoms with Gasteiger partial charge in [-0.15, -0.1) is 0 Å². The second kappa shape index (κ2) is 6.87. The SMILES string of the molecule is CCNCc1n[nH]c(C)c1S(=O)(=O)NCC1CCCN1C. The summed E-state index contributed by atoms with van der Waals surface area (Å²) in [6, 6.07) is 0.282. The molecule has 0 spiro atoms. The molecule has 0 amide bonds. The Balaban J connectivity index is 2.09. The lowest BCUT2D eigenvalue weighted by Gasteiger charge is -2.19. The summed E-state index contributed by atoms with van der Waals surface area (Å²) in [7, 11) is -1.50. The van der Waals surface area contributed by atoms with Crippen LogP contribution in [0.2, 0.25) is 0 Å². The molecule has 21 heavy (non-hydrogen) atoms. The third-order valence-corrected chi connectivity index (χ3v) is 5.58. The van der Waals surface area contributed by atoms with Gasteiger partial charge < -0.3 is 10.2 Å². The van der Waals surface area contributed by atoms with Crippen LogP contribution in [-0.4, -0.2) is 56.2 Å². The fourth-order valence-corrected chi connectivity index (χ4v) is 4.14. The average Bonchev–Trinajstić information content (AvgIpc) is 3.00. The predicted molar refractivity (Wildman–Crippen MR) is 81.5 cm³/mol. The molecule has 0 aromatic carbocycles. The van der Waals surface area contributed by atoms with Crippen LogP contribution in [0.4, 0.5) is 0 Å². The number of nitrogens with zero attached hydrogens (tertiary/aromatic N) is 2. The highest BCUT2D eigenvalue weighted by Crippen LogP contribution is 2.19. The van der Waals surface area contributed by atoms with Gasteiger partial charge in [0.2, 0.25) is 10.0 Å². The molecular formula is C13H25N5O2S. The van der Waals surface area contributed by atoms with Crippen LogP contribution in [0.3, 0.4) is 0 Å². The van der Waals surface area contributed by atoms with E-state index in [-0.39, 0.29) is 10.9 Å². The molecule has 1 aromatic heterocycles. The minimum Gasteiger partial charge on any atom is -0.311 e. The molecule has 7 nitrogen and oxygen atoms in total. The Morgan fingerprint density at radius 1 is 1.48 bits per heavy atom. The van der Waals surface area contributed by atoms with Gasteiger partial charge in [0.15, 0.2) is 0 Å². The first kappa shape index (κ1) is 16.4. The van der Waals surface area contributed by atoms with E-state index < -0.39 is 10.0 Å². The Kier molecular flexibility index (Phi) is 5.37. The topological polar surface area (TPSA) is 90.1 Å². The lowest BCUT2D eigenvalue weighted by atomic mass is 10.2. The molecule has 1 fully saturated rings. The predicted octanol–water partition coefficient (Wildman–Crippen LogP) is 0.200. The van der Waals surface area contributed by atoms with E-state index in [1.54, 1.807) is 6.92 Å². The number of aryl methyl sites for hydroxylation is 1. The third-order valence-electron chi connectivity index (χ3n) is 3.95. The molecule has 0 saturated carbocycles. The molecule has 1 atom stereocenters. The van der Waals surface area contributed by atoms with E-state index in [0.717, 1.165) is 25.9 Å². The van der Waals surface area contributed by atoms with Crippen LogP contribution in [0.1, 0.15) is 31.2 Å². The number of nitrogens with one attached hydrogen (secondary N) is 3. The van der Waals surface area contributed by atoms with Crippen molar-refractivity contribution >= 4 is 10.0 Å². The van der Waals surface area contributed by atoms with Crippen molar-refractivity contribution in [3.05, 3.63) is 11.4 Å². The molecule has 120 valence electrons. The summed E-state index contributed by atoms with van der Waals surface area (Å²) in [6.07, 6.45) is 2.16. The Morgan fingerprint density at radius 2 is 2.24 bits per heavy atom. The van der Waals surface area contributed by atoms with Crippen molar-refractivity contribution in [2.24, 2.45) is 0 Å². The summed E-state index contributed by atoms with van der Waals surface area (Å²) in [6.45, 7) is 6.40. The van der Waals surface area contributed by atoms with Crippen LogP contribution in [0.15, 0.2) is 4.90 Å². The number of rotatable bonds is 7. The molecule has 1 aliphatic rings. The van der Waals surface area contributed by atoms with Gasteiger partial charge in [0.05, 0.1) is 11.4 Å². The lowest BCUT2D eigenvalue weighted by Crippen LogP contribution is -2.38. The van der Waals surface area contributed by atoms with Crippen molar-refractivity contribution in [2.75, 3.05) is 26.7 Å². The fraction of sp³-hybridized carbons (Fsp3) is 0.769. The van der Waals surface area contributed by atoms with Gasteiger partial charge in [-0.2, -0.15) is 5.10 Å². The normalized spacial score (nSPS) is 20.2. The highest BCUT2D eigenvalue weighted by atomic mass is 32.2. The summed E-state index contributed by atoms with van der Waals surface area (Å²) in [4.78, 5) is 2.48. The number of aromatic nitrogens is 2. The summed E-state index contributed by atoms with van der Waals surface area (Å²) in [5, 5.41) is 9.98. The summed E-state index contributed by atoms with van der Waals surface area (Å²) in [5.74, 6) is 0. The standard InChI is InChI=1S/C13H25N5O2S/c1-4-14-9-12-13(10(2)16-17-12)21(19,20)15-8-11-6-5-7-18(11)3/h11,14-15H,4-9H2,1-3H3,(H,16,17). The van der Waals surface area contributed by atoms with E-state index in [1.807, 2.05) is 14.0 Å². The van der Waals surface area contributed by atoms with Crippen molar-refractivity contribution < 1.29 is 8.42 Å². The van der Waals surface area contributed by atoms with Crippen molar-refractivity contribution in [1.82, 2.24) is 25.1 Å². The number of hydrogen-bond donors (Lipinski definition) is 3. The van der Waals surface area contributed by atoms with Crippen LogP contribution >= 0.6 is 0 Å². The van der Waals surface area contributed by atoms with Crippen molar-refractivity contribution in [3.63, 3.8) is 0 Å². The largest absolute Gasteiger partial charge is 0.311 e. The van der Waals surface area contributed by atoms with E-state index in [0.29, 0.717) is 24.5 Å². The first-order valence-corrected chi connectivity index (χ1v) is 8.88. The van der Waals surface area contributed by atoms with Crippen LogP contribution in [-0.2, 0) is 16.6 Å². The molecule has 3 N–H and O–H groups in total. The van der Waals surface area contributed by atoms with Gasteiger partial charge in [-0.1, -0.05) is 6.92 Å². The van der Waals surface area contributed by atoms with E-state index in [9.17, 15) is 8.42 Å². The first-order chi connectivity index (χ1) is 9.95. The molecule has 1 saturated heterocycles. The Hall–Kier alpha value is -0.960. The maximum Gasteiger partial charge on any atom is 0.244 e. The monoisotopic (exact) mass is 315 g/mol. The summed E-state index contributed by atoms with van der Waals surface area (Å²) < 4.78 is 27.8. The number of aromatic amines is 1. The summed E-state index contributed by atoms with van der Waals surface area (Å²) >= 11 is 0. The summed E-state index contributed by atoms with van der Waals surface area (Å²) in [5.41, 5.74) is 1.12. The van der Waals surface area contributed by atoms with Crippen molar-refractivity contribution in [1.29, 1.82) is 0 Å². The van der Waals surface area contributed by atoms with Gasteiger partial charge in [-0.3, -0.25) is 5.10 Å². The zero-order valence-corrected chi connectivity index (χ0v) is 13.8. The highest BCUT2D eigenvalue weighted by Gasteiger charge is 2.27. The number of sulfonamides is 1. The molecule has 1 aromatic rings. The second-order valence-corrected chi connectivity index (χ2v) is 7.24. The molecule has 0 aliphatic carbocycles. The molecule has 2 heterocycles. The number of likely N-dealkylation sites (tertiary alicyclic amines) is 1. The Morgan fingerprint density at radius 3 is 2.86 bits per heavy atom. The van der Waals surface area contributed by atoms with E-state index in [1.165, 1.54) is 0 Å². The van der Waals surface area contributed by atoms with Gasteiger partial charge >= 0.3 is 0 Å². The molecule has 0 radical (unpaired) electrons. The molecule has 8 heteroatoms. The fourth-order valence-electron chi connectivity index (χ4n) is 2.70. The van der Waals surface area contributed by atoms with Gasteiger partial charge in [-0.05, 0) is 39.9 Å². The lowest BCUT2D eigenvalue weighted by molar-refractivity contribution is 0.311. The van der Waals surface area contributed by atoms with Gasteiger partial charge in [0.25, 0.3) is 0 Å². The minimum atomic E-state index is -3.53. The van der Waals surface area contributed by atoms with Crippen molar-refractivity contribution in [3.8, 4) is 0 Å². The quantitative estimate of drug-likeness (QED) is 0.669. The van der Waals surface area contributed by atoms with E-state index >= 15 is 0 Å². The van der Waals surface area contributed by atoms with Gasteiger partial charge in [0, 0.05) is 19.1 Å². The molecular weight excluding hydrogens is 290 g/mol. The highest BCUT2D eigenvalue weighted by molar-refractivity contribution is 7.89. The second-order valence-electron chi connectivity index (χ2n) is 5.53. The first-order valence-electron chi connectivity index (χ1n) is 7.40. The maximum absolute atomic E-state index is 12.5. The third kappa shape index (κ3) is 3.82. The maximum atomic E-state index is 12.5. The zero-order valence-electron chi connectivity index (χ0n) is 12.9. The molecule has 1 aliphatic heterocycles. The number of H-pyrrole nitrogens is 1. The van der Waals surface area contributed by atoms with Crippen LogP contribution in [0, 0.1) is 6.92 Å². The van der Waals surface area contributed by atoms with E-state index in [2.05, 4.69) is 25.1 Å². The van der Waals surface area contributed by atoms with Crippen LogP contribution in [0.5, 0.6) is 0 Å². The van der Waals surface area contributed by atoms with Crippen LogP contribution in [0.25, 0.3) is 0 Å². The molecule has 2 rings (SSSR count). The zero-order chi connectivity index (χ0) is 15.5. The van der Waals surface area contributed by atoms with Crippen molar-refractivity contribution in [2.45, 2.75) is 44.2 Å². The smallest absolute Gasteiger partial charge is 0.244 e. The van der Waals surface area contributed by atoms with Crippen LogP contribution < -0.4 is 10.0 Å². The van der Waals surface area contributed by atoms with Gasteiger partial charge in [-0.25, -0.2) is 13.1 Å². The molecule has 1 unspecified atom stereocenters. The minimum absolute atomic E-state index is 0.282. The Bertz CT molecular complexity index is 569. The van der Waals surface area contributed by atoms with E-state index in [4.69, 9.17) is 0 Å². The number of hydrogen-bond acceptors (Lipinski definition) is 5. The number of likely N-dealkylation sites (N-methyl/N-ethyl adjacent to an activating group) is 1. The molecule has 0 bridgehead atoms. The van der Waals surface area contributed by atoms with Gasteiger partial charge in [0.1, 0.15) is 4.90 Å².